The third-order valence-corrected chi connectivity index (χ3v) is 5.27. The first-order valence-electron chi connectivity index (χ1n) is 9.18. The molecule has 3 rings (SSSR count). The highest BCUT2D eigenvalue weighted by Gasteiger charge is 2.21. The summed E-state index contributed by atoms with van der Waals surface area (Å²) in [7, 11) is 1.85. The fraction of sp³-hybridized carbons (Fsp3) is 0.381. The maximum Gasteiger partial charge on any atom is 0.236 e. The lowest BCUT2D eigenvalue weighted by molar-refractivity contribution is -0.132. The minimum atomic E-state index is -0.313. The Morgan fingerprint density at radius 3 is 2.41 bits per heavy atom. The van der Waals surface area contributed by atoms with Crippen molar-refractivity contribution in [2.75, 3.05) is 39.8 Å². The molecule has 1 amide bonds. The molecule has 2 aromatic rings. The van der Waals surface area contributed by atoms with Crippen molar-refractivity contribution < 1.29 is 9.18 Å². The molecule has 1 saturated heterocycles. The van der Waals surface area contributed by atoms with Crippen LogP contribution in [0.4, 0.5) is 4.39 Å². The number of likely N-dealkylation sites (N-methyl/N-ethyl adjacent to an activating group) is 1. The second kappa shape index (κ2) is 9.31. The van der Waals surface area contributed by atoms with Crippen molar-refractivity contribution >= 4 is 17.5 Å². The van der Waals surface area contributed by atoms with Gasteiger partial charge in [0.15, 0.2) is 0 Å². The number of carbonyl (C=O) groups is 1. The smallest absolute Gasteiger partial charge is 0.236 e. The first-order chi connectivity index (χ1) is 13.0. The summed E-state index contributed by atoms with van der Waals surface area (Å²) >= 11 is 6.12. The van der Waals surface area contributed by atoms with E-state index in [0.717, 1.165) is 37.3 Å². The van der Waals surface area contributed by atoms with Gasteiger partial charge < -0.3 is 4.90 Å². The Hall–Kier alpha value is -1.95. The molecule has 0 aliphatic carbocycles. The van der Waals surface area contributed by atoms with Crippen LogP contribution in [0.25, 0.3) is 0 Å². The van der Waals surface area contributed by atoms with Crippen molar-refractivity contribution in [2.45, 2.75) is 13.1 Å². The van der Waals surface area contributed by atoms with E-state index in [9.17, 15) is 9.18 Å². The molecule has 0 saturated carbocycles. The van der Waals surface area contributed by atoms with Crippen LogP contribution in [0, 0.1) is 5.82 Å². The highest BCUT2D eigenvalue weighted by atomic mass is 35.5. The summed E-state index contributed by atoms with van der Waals surface area (Å²) in [6.07, 6.45) is 0. The molecule has 0 spiro atoms. The number of hydrogen-bond donors (Lipinski definition) is 0. The molecule has 27 heavy (non-hydrogen) atoms. The van der Waals surface area contributed by atoms with Gasteiger partial charge in [0.25, 0.3) is 0 Å². The number of hydrogen-bond acceptors (Lipinski definition) is 3. The Morgan fingerprint density at radius 2 is 1.74 bits per heavy atom. The van der Waals surface area contributed by atoms with Crippen LogP contribution >= 0.6 is 11.6 Å². The third-order valence-electron chi connectivity index (χ3n) is 4.92. The van der Waals surface area contributed by atoms with Gasteiger partial charge in [-0.15, -0.1) is 0 Å². The monoisotopic (exact) mass is 389 g/mol. The zero-order valence-electron chi connectivity index (χ0n) is 15.6. The Balaban J connectivity index is 1.44. The van der Waals surface area contributed by atoms with Crippen LogP contribution in [-0.2, 0) is 17.9 Å². The van der Waals surface area contributed by atoms with E-state index in [4.69, 9.17) is 11.6 Å². The highest BCUT2D eigenvalue weighted by Crippen LogP contribution is 2.19. The maximum atomic E-state index is 13.2. The summed E-state index contributed by atoms with van der Waals surface area (Å²) in [5.41, 5.74) is 2.07. The van der Waals surface area contributed by atoms with E-state index in [-0.39, 0.29) is 11.7 Å². The molecule has 0 unspecified atom stereocenters. The number of carbonyl (C=O) groups excluding carboxylic acids is 1. The molecule has 0 bridgehead atoms. The van der Waals surface area contributed by atoms with E-state index in [1.54, 1.807) is 11.0 Å². The number of rotatable bonds is 6. The minimum Gasteiger partial charge on any atom is -0.340 e. The maximum absolute atomic E-state index is 13.2. The standard InChI is InChI=1S/C21H25ClFN3O/c1-24(14-17-5-3-2-4-6-17)21(27)16-26-11-9-25(10-12-26)15-18-7-8-19(23)13-20(18)22/h2-8,13H,9-12,14-16H2,1H3. The second-order valence-electron chi connectivity index (χ2n) is 7.02. The van der Waals surface area contributed by atoms with Gasteiger partial charge in [0.05, 0.1) is 6.54 Å². The number of benzene rings is 2. The van der Waals surface area contributed by atoms with E-state index in [2.05, 4.69) is 9.80 Å². The van der Waals surface area contributed by atoms with Gasteiger partial charge in [0, 0.05) is 51.3 Å². The third kappa shape index (κ3) is 5.76. The summed E-state index contributed by atoms with van der Waals surface area (Å²) in [5, 5.41) is 0.468. The normalized spacial score (nSPS) is 15.7. The first-order valence-corrected chi connectivity index (χ1v) is 9.55. The molecule has 6 heteroatoms. The van der Waals surface area contributed by atoms with E-state index in [0.29, 0.717) is 24.7 Å². The topological polar surface area (TPSA) is 26.8 Å². The largest absolute Gasteiger partial charge is 0.340 e. The summed E-state index contributed by atoms with van der Waals surface area (Å²) in [6, 6.07) is 14.6. The lowest BCUT2D eigenvalue weighted by Crippen LogP contribution is -2.49. The fourth-order valence-corrected chi connectivity index (χ4v) is 3.48. The number of nitrogens with zero attached hydrogens (tertiary/aromatic N) is 3. The van der Waals surface area contributed by atoms with Crippen LogP contribution in [-0.4, -0.2) is 60.4 Å². The predicted molar refractivity (Wildman–Crippen MR) is 106 cm³/mol. The lowest BCUT2D eigenvalue weighted by Gasteiger charge is -2.35. The zero-order valence-corrected chi connectivity index (χ0v) is 16.3. The number of amides is 1. The van der Waals surface area contributed by atoms with Crippen LogP contribution in [0.3, 0.4) is 0 Å². The van der Waals surface area contributed by atoms with E-state index < -0.39 is 0 Å². The quantitative estimate of drug-likeness (QED) is 0.758. The molecule has 144 valence electrons. The van der Waals surface area contributed by atoms with Gasteiger partial charge in [-0.05, 0) is 23.3 Å². The molecular formula is C21H25ClFN3O. The van der Waals surface area contributed by atoms with E-state index in [1.807, 2.05) is 37.4 Å². The molecule has 2 aromatic carbocycles. The minimum absolute atomic E-state index is 0.133. The van der Waals surface area contributed by atoms with Crippen LogP contribution in [0.1, 0.15) is 11.1 Å². The molecule has 1 aliphatic rings. The molecule has 0 atom stereocenters. The summed E-state index contributed by atoms with van der Waals surface area (Å²) in [4.78, 5) is 18.7. The first kappa shape index (κ1) is 19.8. The Kier molecular flexibility index (Phi) is 6.83. The predicted octanol–water partition coefficient (Wildman–Crippen LogP) is 3.26. The Bertz CT molecular complexity index is 763. The van der Waals surface area contributed by atoms with Crippen LogP contribution in [0.2, 0.25) is 5.02 Å². The zero-order chi connectivity index (χ0) is 19.2. The Labute approximate surface area is 165 Å². The fourth-order valence-electron chi connectivity index (χ4n) is 3.25. The molecule has 0 N–H and O–H groups in total. The lowest BCUT2D eigenvalue weighted by atomic mass is 10.2. The van der Waals surface area contributed by atoms with Gasteiger partial charge in [-0.3, -0.25) is 14.6 Å². The van der Waals surface area contributed by atoms with Crippen molar-refractivity contribution in [3.63, 3.8) is 0 Å². The van der Waals surface area contributed by atoms with Crippen LogP contribution < -0.4 is 0 Å². The van der Waals surface area contributed by atoms with Gasteiger partial charge in [-0.25, -0.2) is 4.39 Å². The van der Waals surface area contributed by atoms with Crippen LogP contribution in [0.15, 0.2) is 48.5 Å². The van der Waals surface area contributed by atoms with Crippen molar-refractivity contribution in [1.29, 1.82) is 0 Å². The number of halogens is 2. The summed E-state index contributed by atoms with van der Waals surface area (Å²) in [6.45, 7) is 5.17. The molecular weight excluding hydrogens is 365 g/mol. The number of piperazine rings is 1. The van der Waals surface area contributed by atoms with Crippen molar-refractivity contribution in [1.82, 2.24) is 14.7 Å². The van der Waals surface area contributed by atoms with E-state index >= 15 is 0 Å². The van der Waals surface area contributed by atoms with Gasteiger partial charge in [0.1, 0.15) is 5.82 Å². The second-order valence-corrected chi connectivity index (χ2v) is 7.43. The van der Waals surface area contributed by atoms with Gasteiger partial charge in [0.2, 0.25) is 5.91 Å². The molecule has 0 radical (unpaired) electrons. The van der Waals surface area contributed by atoms with Gasteiger partial charge in [-0.1, -0.05) is 48.0 Å². The highest BCUT2D eigenvalue weighted by molar-refractivity contribution is 6.31. The van der Waals surface area contributed by atoms with Crippen molar-refractivity contribution in [3.05, 3.63) is 70.5 Å². The molecule has 1 aliphatic heterocycles. The SMILES string of the molecule is CN(Cc1ccccc1)C(=O)CN1CCN(Cc2ccc(F)cc2Cl)CC1. The average molecular weight is 390 g/mol. The van der Waals surface area contributed by atoms with Crippen LogP contribution in [0.5, 0.6) is 0 Å². The summed E-state index contributed by atoms with van der Waals surface area (Å²) < 4.78 is 13.2. The summed E-state index contributed by atoms with van der Waals surface area (Å²) in [5.74, 6) is -0.180. The van der Waals surface area contributed by atoms with Crippen molar-refractivity contribution in [3.8, 4) is 0 Å². The molecule has 1 fully saturated rings. The van der Waals surface area contributed by atoms with Crippen molar-refractivity contribution in [2.24, 2.45) is 0 Å². The molecule has 4 nitrogen and oxygen atoms in total. The van der Waals surface area contributed by atoms with E-state index in [1.165, 1.54) is 12.1 Å². The Morgan fingerprint density at radius 1 is 1.07 bits per heavy atom. The molecule has 0 aromatic heterocycles. The molecule has 1 heterocycles. The van der Waals surface area contributed by atoms with Gasteiger partial charge in [-0.2, -0.15) is 0 Å². The average Bonchev–Trinajstić information content (AvgIpc) is 2.66. The van der Waals surface area contributed by atoms with Gasteiger partial charge >= 0.3 is 0 Å².